The van der Waals surface area contributed by atoms with Gasteiger partial charge in [0.1, 0.15) is 17.1 Å². The number of amides is 5. The van der Waals surface area contributed by atoms with Gasteiger partial charge >= 0.3 is 0 Å². The maximum atomic E-state index is 13.1. The molecule has 1 atom stereocenters. The fraction of sp³-hybridized carbons (Fsp3) is 0.212. The molecule has 0 aliphatic carbocycles. The van der Waals surface area contributed by atoms with E-state index in [1.165, 1.54) is 44.2 Å². The smallest absolute Gasteiger partial charge is 0.296 e. The quantitative estimate of drug-likeness (QED) is 0.0702. The summed E-state index contributed by atoms with van der Waals surface area (Å²) in [6.45, 7) is 0.0777. The van der Waals surface area contributed by atoms with Crippen LogP contribution < -0.4 is 27.0 Å². The number of nitrogens with zero attached hydrogens (tertiary/aromatic N) is 3. The summed E-state index contributed by atoms with van der Waals surface area (Å²) in [5.74, 6) is -3.16. The standard InChI is InChI=1S/C33H35ClN8O7S/c1-40-17-21(14-25(40)30(45)36-12-10-29(35)44)37-31(46)26-15-22(18-41(26)2)38-32(47)27-16-23(19-42(27)3)39-33(48)28(43)9-6-20-4-7-24(8-5-20)50(49)13-11-34/h4-9,14-19H,10-13H2,1-3H3,(H2,35,44)(H,36,45)(H,37,46)(H,38,47)(H,39,48)/b9-6+. The molecule has 262 valence electrons. The Balaban J connectivity index is 1.33. The van der Waals surface area contributed by atoms with Crippen LogP contribution in [0.5, 0.6) is 0 Å². The third-order valence-corrected chi connectivity index (χ3v) is 8.99. The van der Waals surface area contributed by atoms with Crippen LogP contribution in [0.2, 0.25) is 0 Å². The number of aryl methyl sites for hydroxylation is 3. The molecule has 0 aliphatic heterocycles. The van der Waals surface area contributed by atoms with Gasteiger partial charge in [-0.2, -0.15) is 0 Å². The average Bonchev–Trinajstić information content (AvgIpc) is 3.74. The van der Waals surface area contributed by atoms with Crippen molar-refractivity contribution in [3.05, 3.63) is 89.8 Å². The van der Waals surface area contributed by atoms with E-state index in [1.54, 1.807) is 57.8 Å². The Kier molecular flexibility index (Phi) is 12.3. The van der Waals surface area contributed by atoms with Gasteiger partial charge in [0.05, 0.1) is 27.9 Å². The van der Waals surface area contributed by atoms with E-state index in [2.05, 4.69) is 21.3 Å². The molecule has 0 fully saturated rings. The van der Waals surface area contributed by atoms with Crippen molar-refractivity contribution < 1.29 is 33.0 Å². The maximum absolute atomic E-state index is 13.1. The Labute approximate surface area is 294 Å². The number of alkyl halides is 1. The fourth-order valence-electron chi connectivity index (χ4n) is 4.71. The van der Waals surface area contributed by atoms with Crippen molar-refractivity contribution in [3.63, 3.8) is 0 Å². The Morgan fingerprint density at radius 2 is 1.24 bits per heavy atom. The van der Waals surface area contributed by atoms with Crippen molar-refractivity contribution in [1.82, 2.24) is 19.0 Å². The van der Waals surface area contributed by atoms with Crippen LogP contribution in [0.4, 0.5) is 17.1 Å². The van der Waals surface area contributed by atoms with Gasteiger partial charge in [0.15, 0.2) is 0 Å². The first-order valence-corrected chi connectivity index (χ1v) is 16.9. The number of carbonyl (C=O) groups excluding carboxylic acids is 6. The van der Waals surface area contributed by atoms with Crippen LogP contribution in [-0.4, -0.2) is 71.4 Å². The van der Waals surface area contributed by atoms with Gasteiger partial charge < -0.3 is 40.7 Å². The van der Waals surface area contributed by atoms with Gasteiger partial charge in [0, 0.05) is 69.2 Å². The molecule has 15 nitrogen and oxygen atoms in total. The molecule has 4 aromatic rings. The minimum atomic E-state index is -1.22. The van der Waals surface area contributed by atoms with Gasteiger partial charge in [-0.1, -0.05) is 18.2 Å². The predicted octanol–water partition coefficient (Wildman–Crippen LogP) is 2.38. The number of carbonyl (C=O) groups is 6. The summed E-state index contributed by atoms with van der Waals surface area (Å²) in [5, 5.41) is 10.5. The summed E-state index contributed by atoms with van der Waals surface area (Å²) < 4.78 is 16.5. The van der Waals surface area contributed by atoms with E-state index in [9.17, 15) is 33.0 Å². The van der Waals surface area contributed by atoms with E-state index in [1.807, 2.05) is 0 Å². The highest BCUT2D eigenvalue weighted by Crippen LogP contribution is 2.20. The first kappa shape index (κ1) is 37.1. The molecule has 0 radical (unpaired) electrons. The van der Waals surface area contributed by atoms with E-state index in [0.717, 1.165) is 6.08 Å². The second-order valence-electron chi connectivity index (χ2n) is 11.0. The molecule has 6 N–H and O–H groups in total. The largest absolute Gasteiger partial charge is 0.370 e. The van der Waals surface area contributed by atoms with Gasteiger partial charge in [0.25, 0.3) is 23.6 Å². The molecule has 4 rings (SSSR count). The van der Waals surface area contributed by atoms with Crippen molar-refractivity contribution in [2.75, 3.05) is 34.1 Å². The van der Waals surface area contributed by atoms with Crippen LogP contribution >= 0.6 is 11.6 Å². The Bertz CT molecular complexity index is 2010. The lowest BCUT2D eigenvalue weighted by Crippen LogP contribution is -2.29. The maximum Gasteiger partial charge on any atom is 0.296 e. The lowest BCUT2D eigenvalue weighted by molar-refractivity contribution is -0.131. The zero-order valence-electron chi connectivity index (χ0n) is 27.3. The van der Waals surface area contributed by atoms with Crippen LogP contribution in [0, 0.1) is 0 Å². The second-order valence-corrected chi connectivity index (χ2v) is 13.0. The third kappa shape index (κ3) is 9.67. The SMILES string of the molecule is Cn1cc(NC(=O)c2cc(NC(=O)c3cc(NC(=O)C(=O)/C=C/c4ccc(S(=O)CCCl)cc4)cn3C)cn2C)cc1C(=O)NCCC(N)=O. The minimum absolute atomic E-state index is 0.00674. The molecular weight excluding hydrogens is 688 g/mol. The molecule has 5 amide bonds. The fourth-order valence-corrected chi connectivity index (χ4v) is 5.95. The number of halogens is 1. The number of nitrogens with one attached hydrogen (secondary N) is 4. The van der Waals surface area contributed by atoms with Gasteiger partial charge in [-0.25, -0.2) is 0 Å². The van der Waals surface area contributed by atoms with Crippen molar-refractivity contribution in [1.29, 1.82) is 0 Å². The first-order chi connectivity index (χ1) is 23.7. The molecule has 0 saturated carbocycles. The molecule has 50 heavy (non-hydrogen) atoms. The van der Waals surface area contributed by atoms with Gasteiger partial charge in [0.2, 0.25) is 11.7 Å². The van der Waals surface area contributed by atoms with E-state index in [4.69, 9.17) is 17.3 Å². The topological polar surface area (TPSA) is 208 Å². The van der Waals surface area contributed by atoms with Gasteiger partial charge in [-0.3, -0.25) is 33.0 Å². The molecule has 0 aliphatic rings. The van der Waals surface area contributed by atoms with E-state index in [-0.39, 0.29) is 41.6 Å². The number of primary amides is 1. The van der Waals surface area contributed by atoms with Gasteiger partial charge in [-0.05, 0) is 42.0 Å². The molecule has 17 heteroatoms. The summed E-state index contributed by atoms with van der Waals surface area (Å²) in [5.41, 5.74) is 7.23. The van der Waals surface area contributed by atoms with Crippen LogP contribution in [0.1, 0.15) is 43.4 Å². The molecule has 0 spiro atoms. The number of aromatic nitrogens is 3. The lowest BCUT2D eigenvalue weighted by atomic mass is 10.2. The number of hydrogen-bond donors (Lipinski definition) is 5. The van der Waals surface area contributed by atoms with Crippen LogP contribution in [0.25, 0.3) is 6.08 Å². The molecule has 1 unspecified atom stereocenters. The number of nitrogens with two attached hydrogens (primary N) is 1. The highest BCUT2D eigenvalue weighted by Gasteiger charge is 2.20. The van der Waals surface area contributed by atoms with Crippen molar-refractivity contribution in [2.24, 2.45) is 26.9 Å². The summed E-state index contributed by atoms with van der Waals surface area (Å²) in [7, 11) is 3.62. The molecule has 0 bridgehead atoms. The lowest BCUT2D eigenvalue weighted by Gasteiger charge is -2.04. The highest BCUT2D eigenvalue weighted by atomic mass is 35.5. The number of ketones is 1. The van der Waals surface area contributed by atoms with E-state index < -0.39 is 46.1 Å². The number of hydrogen-bond acceptors (Lipinski definition) is 7. The summed E-state index contributed by atoms with van der Waals surface area (Å²) in [6, 6.07) is 11.0. The summed E-state index contributed by atoms with van der Waals surface area (Å²) in [4.78, 5) is 75.1. The highest BCUT2D eigenvalue weighted by molar-refractivity contribution is 7.85. The number of anilines is 3. The molecular formula is C33H35ClN8O7S. The zero-order valence-corrected chi connectivity index (χ0v) is 28.9. The Morgan fingerprint density at radius 3 is 1.72 bits per heavy atom. The Morgan fingerprint density at radius 1 is 0.760 bits per heavy atom. The van der Waals surface area contributed by atoms with Crippen molar-refractivity contribution in [3.8, 4) is 0 Å². The molecule has 1 aromatic carbocycles. The van der Waals surface area contributed by atoms with Crippen LogP contribution in [-0.2, 0) is 46.3 Å². The van der Waals surface area contributed by atoms with Gasteiger partial charge in [-0.15, -0.1) is 11.6 Å². The third-order valence-electron chi connectivity index (χ3n) is 7.20. The van der Waals surface area contributed by atoms with Crippen molar-refractivity contribution >= 4 is 80.9 Å². The minimum Gasteiger partial charge on any atom is -0.370 e. The van der Waals surface area contributed by atoms with E-state index in [0.29, 0.717) is 27.6 Å². The number of rotatable bonds is 15. The summed E-state index contributed by atoms with van der Waals surface area (Å²) >= 11 is 5.64. The zero-order chi connectivity index (χ0) is 36.5. The summed E-state index contributed by atoms with van der Waals surface area (Å²) in [6.07, 6.45) is 7.13. The Hall–Kier alpha value is -5.74. The molecule has 3 heterocycles. The average molecular weight is 723 g/mol. The number of benzene rings is 1. The predicted molar refractivity (Wildman–Crippen MR) is 189 cm³/mol. The van der Waals surface area contributed by atoms with Crippen LogP contribution in [0.3, 0.4) is 0 Å². The molecule has 0 saturated heterocycles. The second kappa shape index (κ2) is 16.6. The van der Waals surface area contributed by atoms with Crippen LogP contribution in [0.15, 0.2) is 72.0 Å². The monoisotopic (exact) mass is 722 g/mol. The normalized spacial score (nSPS) is 11.6. The molecule has 3 aromatic heterocycles. The first-order valence-electron chi connectivity index (χ1n) is 15.0. The van der Waals surface area contributed by atoms with Crippen molar-refractivity contribution in [2.45, 2.75) is 11.3 Å². The van der Waals surface area contributed by atoms with E-state index >= 15 is 0 Å².